The summed E-state index contributed by atoms with van der Waals surface area (Å²) in [5.41, 5.74) is 0. The first kappa shape index (κ1) is 52.3. The van der Waals surface area contributed by atoms with Crippen LogP contribution in [0.3, 0.4) is 0 Å². The average Bonchev–Trinajstić information content (AvgIpc) is 3.16. The van der Waals surface area contributed by atoms with Crippen LogP contribution in [0.25, 0.3) is 0 Å². The number of hydrogen-bond acceptors (Lipinski definition) is 5. The van der Waals surface area contributed by atoms with Crippen molar-refractivity contribution in [1.29, 1.82) is 0 Å². The predicted molar refractivity (Wildman–Crippen MR) is 232 cm³/mol. The Bertz CT molecular complexity index is 858. The Morgan fingerprint density at radius 3 is 1.39 bits per heavy atom. The number of amides is 1. The van der Waals surface area contributed by atoms with E-state index in [9.17, 15) is 19.8 Å². The minimum atomic E-state index is -0.785. The smallest absolute Gasteiger partial charge is 0.306 e. The van der Waals surface area contributed by atoms with E-state index in [1.54, 1.807) is 0 Å². The molecular weight excluding hydrogens is 671 g/mol. The molecule has 0 saturated heterocycles. The summed E-state index contributed by atoms with van der Waals surface area (Å²) >= 11 is 0. The molecule has 0 bridgehead atoms. The first-order valence-corrected chi connectivity index (χ1v) is 23.6. The van der Waals surface area contributed by atoms with Gasteiger partial charge in [-0.05, 0) is 70.6 Å². The summed E-state index contributed by atoms with van der Waals surface area (Å²) in [6.45, 7) is 6.40. The van der Waals surface area contributed by atoms with Gasteiger partial charge < -0.3 is 20.3 Å². The van der Waals surface area contributed by atoms with Gasteiger partial charge in [0.25, 0.3) is 0 Å². The second-order valence-corrected chi connectivity index (χ2v) is 16.2. The van der Waals surface area contributed by atoms with Gasteiger partial charge in [0.15, 0.2) is 0 Å². The van der Waals surface area contributed by atoms with Gasteiger partial charge >= 0.3 is 5.97 Å². The number of hydrogen-bond donors (Lipinski definition) is 3. The Balaban J connectivity index is 4.59. The van der Waals surface area contributed by atoms with E-state index in [-0.39, 0.29) is 24.9 Å². The summed E-state index contributed by atoms with van der Waals surface area (Å²) < 4.78 is 5.89. The number of esters is 1. The Labute approximate surface area is 335 Å². The van der Waals surface area contributed by atoms with E-state index in [4.69, 9.17) is 4.74 Å². The molecule has 0 aromatic heterocycles. The molecule has 0 heterocycles. The van der Waals surface area contributed by atoms with Crippen LogP contribution < -0.4 is 5.32 Å². The van der Waals surface area contributed by atoms with Crippen LogP contribution in [0.1, 0.15) is 245 Å². The molecule has 6 heteroatoms. The number of carbonyl (C=O) groups is 2. The molecule has 0 aromatic rings. The Hall–Kier alpha value is -1.66. The molecule has 0 aliphatic rings. The van der Waals surface area contributed by atoms with Crippen LogP contribution in [0.4, 0.5) is 0 Å². The monoisotopic (exact) mass is 762 g/mol. The molecule has 318 valence electrons. The molecule has 6 nitrogen and oxygen atoms in total. The second-order valence-electron chi connectivity index (χ2n) is 16.2. The lowest BCUT2D eigenvalue weighted by molar-refractivity contribution is -0.151. The summed E-state index contributed by atoms with van der Waals surface area (Å²) in [6, 6.07) is -0.700. The highest BCUT2D eigenvalue weighted by atomic mass is 16.5. The first-order valence-electron chi connectivity index (χ1n) is 23.6. The lowest BCUT2D eigenvalue weighted by atomic mass is 10.0. The fourth-order valence-electron chi connectivity index (χ4n) is 7.13. The van der Waals surface area contributed by atoms with Crippen LogP contribution in [-0.2, 0) is 14.3 Å². The molecule has 0 saturated carbocycles. The van der Waals surface area contributed by atoms with E-state index in [0.29, 0.717) is 19.3 Å². The number of aliphatic hydroxyl groups is 2. The van der Waals surface area contributed by atoms with E-state index < -0.39 is 18.2 Å². The zero-order valence-electron chi connectivity index (χ0n) is 36.1. The summed E-state index contributed by atoms with van der Waals surface area (Å²) in [5.74, 6) is -0.488. The third-order valence-corrected chi connectivity index (χ3v) is 10.7. The minimum Gasteiger partial charge on any atom is -0.462 e. The van der Waals surface area contributed by atoms with Crippen LogP contribution in [0, 0.1) is 0 Å². The Morgan fingerprint density at radius 1 is 0.519 bits per heavy atom. The largest absolute Gasteiger partial charge is 0.462 e. The maximum absolute atomic E-state index is 13.1. The minimum absolute atomic E-state index is 0.0716. The molecule has 0 radical (unpaired) electrons. The number of carbonyl (C=O) groups excluding carboxylic acids is 2. The molecule has 3 atom stereocenters. The molecule has 0 fully saturated rings. The number of nitrogens with one attached hydrogen (secondary N) is 1. The molecule has 3 N–H and O–H groups in total. The third-order valence-electron chi connectivity index (χ3n) is 10.7. The van der Waals surface area contributed by atoms with Crippen LogP contribution in [0.15, 0.2) is 24.3 Å². The van der Waals surface area contributed by atoms with Crippen molar-refractivity contribution < 1.29 is 24.5 Å². The van der Waals surface area contributed by atoms with E-state index >= 15 is 0 Å². The van der Waals surface area contributed by atoms with Gasteiger partial charge in [0, 0.05) is 6.42 Å². The molecule has 54 heavy (non-hydrogen) atoms. The van der Waals surface area contributed by atoms with Crippen LogP contribution in [-0.4, -0.2) is 46.9 Å². The topological polar surface area (TPSA) is 95.9 Å². The van der Waals surface area contributed by atoms with Crippen molar-refractivity contribution in [3.8, 4) is 0 Å². The molecule has 0 aliphatic carbocycles. The molecule has 0 aromatic carbocycles. The molecule has 0 spiro atoms. The van der Waals surface area contributed by atoms with E-state index in [0.717, 1.165) is 77.0 Å². The average molecular weight is 762 g/mol. The third kappa shape index (κ3) is 37.3. The number of aliphatic hydroxyl groups excluding tert-OH is 2. The van der Waals surface area contributed by atoms with Crippen LogP contribution in [0.5, 0.6) is 0 Å². The summed E-state index contributed by atoms with van der Waals surface area (Å²) in [4.78, 5) is 26.0. The number of allylic oxidation sites excluding steroid dienone is 4. The highest BCUT2D eigenvalue weighted by Crippen LogP contribution is 2.17. The van der Waals surface area contributed by atoms with Crippen molar-refractivity contribution in [2.24, 2.45) is 0 Å². The van der Waals surface area contributed by atoms with Crippen LogP contribution in [0.2, 0.25) is 0 Å². The number of unbranched alkanes of at least 4 members (excludes halogenated alkanes) is 26. The SMILES string of the molecule is CCC/C=C\CCCCCCCC(=O)OC(CCCCCCC/C=C/CCCCCCCC)CC(=O)NC(CO)C(O)CCCCCCCCCCCC. The van der Waals surface area contributed by atoms with Gasteiger partial charge in [-0.15, -0.1) is 0 Å². The highest BCUT2D eigenvalue weighted by molar-refractivity contribution is 5.77. The second kappa shape index (κ2) is 42.5. The summed E-state index contributed by atoms with van der Waals surface area (Å²) in [7, 11) is 0. The van der Waals surface area contributed by atoms with Gasteiger partial charge in [-0.3, -0.25) is 9.59 Å². The van der Waals surface area contributed by atoms with Crippen molar-refractivity contribution in [2.45, 2.75) is 264 Å². The quantitative estimate of drug-likeness (QED) is 0.0327. The van der Waals surface area contributed by atoms with Crippen molar-refractivity contribution in [3.63, 3.8) is 0 Å². The first-order chi connectivity index (χ1) is 26.5. The maximum Gasteiger partial charge on any atom is 0.306 e. The van der Waals surface area contributed by atoms with E-state index in [2.05, 4.69) is 50.4 Å². The Kier molecular flexibility index (Phi) is 41.2. The van der Waals surface area contributed by atoms with Crippen molar-refractivity contribution in [3.05, 3.63) is 24.3 Å². The lowest BCUT2D eigenvalue weighted by Crippen LogP contribution is -2.46. The van der Waals surface area contributed by atoms with E-state index in [1.165, 1.54) is 122 Å². The molecule has 0 aliphatic heterocycles. The Morgan fingerprint density at radius 2 is 0.926 bits per heavy atom. The fourth-order valence-corrected chi connectivity index (χ4v) is 7.13. The zero-order valence-corrected chi connectivity index (χ0v) is 36.1. The van der Waals surface area contributed by atoms with Gasteiger partial charge in [-0.2, -0.15) is 0 Å². The number of ether oxygens (including phenoxy) is 1. The lowest BCUT2D eigenvalue weighted by Gasteiger charge is -2.24. The van der Waals surface area contributed by atoms with Gasteiger partial charge in [-0.1, -0.05) is 186 Å². The van der Waals surface area contributed by atoms with Gasteiger partial charge in [0.05, 0.1) is 25.2 Å². The van der Waals surface area contributed by atoms with Gasteiger partial charge in [0.1, 0.15) is 6.10 Å². The fraction of sp³-hybridized carbons (Fsp3) is 0.875. The molecular formula is C48H91NO5. The van der Waals surface area contributed by atoms with Crippen LogP contribution >= 0.6 is 0 Å². The molecule has 0 rings (SSSR count). The standard InChI is InChI=1S/C48H91NO5/c1-4-7-10-13-16-19-22-23-24-25-26-27-30-33-36-39-44(54-48(53)41-38-35-32-29-21-18-15-12-9-6-3)42-47(52)49-45(43-50)46(51)40-37-34-31-28-20-17-14-11-8-5-2/h12,15,23-24,44-46,50-51H,4-11,13-14,16-22,25-43H2,1-3H3,(H,49,52)/b15-12-,24-23+. The van der Waals surface area contributed by atoms with Gasteiger partial charge in [0.2, 0.25) is 5.91 Å². The van der Waals surface area contributed by atoms with Crippen molar-refractivity contribution >= 4 is 11.9 Å². The maximum atomic E-state index is 13.1. The zero-order chi connectivity index (χ0) is 39.6. The normalized spacial score (nSPS) is 13.5. The molecule has 3 unspecified atom stereocenters. The predicted octanol–water partition coefficient (Wildman–Crippen LogP) is 13.6. The highest BCUT2D eigenvalue weighted by Gasteiger charge is 2.24. The van der Waals surface area contributed by atoms with Crippen molar-refractivity contribution in [1.82, 2.24) is 5.32 Å². The van der Waals surface area contributed by atoms with Gasteiger partial charge in [-0.25, -0.2) is 0 Å². The number of rotatable bonds is 42. The summed E-state index contributed by atoms with van der Waals surface area (Å²) in [6.07, 6.45) is 46.6. The summed E-state index contributed by atoms with van der Waals surface area (Å²) in [5, 5.41) is 23.6. The van der Waals surface area contributed by atoms with Crippen molar-refractivity contribution in [2.75, 3.05) is 6.61 Å². The molecule has 1 amide bonds. The van der Waals surface area contributed by atoms with E-state index in [1.807, 2.05) is 0 Å².